The van der Waals surface area contributed by atoms with Gasteiger partial charge in [0.1, 0.15) is 36.9 Å². The van der Waals surface area contributed by atoms with Crippen LogP contribution < -0.4 is 21.3 Å². The maximum Gasteiger partial charge on any atom is 0.326 e. The fourth-order valence-electron chi connectivity index (χ4n) is 8.26. The van der Waals surface area contributed by atoms with Crippen LogP contribution in [0.3, 0.4) is 0 Å². The first-order valence-electron chi connectivity index (χ1n) is 29.2. The van der Waals surface area contributed by atoms with Crippen LogP contribution in [0.5, 0.6) is 0 Å². The van der Waals surface area contributed by atoms with E-state index >= 15 is 0 Å². The molecule has 0 rings (SSSR count). The Labute approximate surface area is 479 Å². The van der Waals surface area contributed by atoms with Gasteiger partial charge in [-0.2, -0.15) is 0 Å². The Morgan fingerprint density at radius 1 is 0.395 bits per heavy atom. The van der Waals surface area contributed by atoms with Crippen LogP contribution in [-0.2, 0) is 71.7 Å². The summed E-state index contributed by atoms with van der Waals surface area (Å²) in [6.45, 7) is 3.89. The molecular formula is C57H100N4O20. The second-order valence-corrected chi connectivity index (χ2v) is 20.2. The number of aliphatic carboxylic acids is 5. The summed E-state index contributed by atoms with van der Waals surface area (Å²) in [6.07, 6.45) is 18.6. The van der Waals surface area contributed by atoms with Gasteiger partial charge in [0, 0.05) is 84.8 Å². The molecule has 81 heavy (non-hydrogen) atoms. The first-order valence-corrected chi connectivity index (χ1v) is 29.2. The van der Waals surface area contributed by atoms with Crippen molar-refractivity contribution in [3.05, 3.63) is 0 Å². The van der Waals surface area contributed by atoms with Crippen LogP contribution in [0.4, 0.5) is 0 Å². The number of likely N-dealkylation sites (N-methyl/N-ethyl adjacent to an activating group) is 1. The number of ether oxygens (including phenoxy) is 4. The average molecular weight is 1160 g/mol. The minimum atomic E-state index is -1.26. The number of hydrogen-bond donors (Lipinski definition) is 9. The highest BCUT2D eigenvalue weighted by molar-refractivity contribution is 5.87. The van der Waals surface area contributed by atoms with Gasteiger partial charge >= 0.3 is 29.8 Å². The second kappa shape index (κ2) is 53.9. The van der Waals surface area contributed by atoms with E-state index in [1.807, 2.05) is 6.92 Å². The lowest BCUT2D eigenvalue weighted by molar-refractivity contribution is -0.146. The Bertz CT molecular complexity index is 1780. The number of hydrogen-bond acceptors (Lipinski definition) is 16. The third kappa shape index (κ3) is 51.2. The monoisotopic (exact) mass is 1160 g/mol. The number of methoxy groups -OCH3 is 1. The molecule has 0 aliphatic rings. The highest BCUT2D eigenvalue weighted by atomic mass is 16.5. The smallest absolute Gasteiger partial charge is 0.326 e. The Kier molecular flexibility index (Phi) is 51.6. The Hall–Kier alpha value is -5.43. The van der Waals surface area contributed by atoms with Crippen LogP contribution >= 0.6 is 0 Å². The maximum absolute atomic E-state index is 12.4. The zero-order valence-electron chi connectivity index (χ0n) is 48.7. The van der Waals surface area contributed by atoms with Gasteiger partial charge < -0.3 is 65.7 Å². The molecular weight excluding hydrogens is 1060 g/mol. The van der Waals surface area contributed by atoms with Gasteiger partial charge in [-0.3, -0.25) is 47.9 Å². The summed E-state index contributed by atoms with van der Waals surface area (Å²) < 4.78 is 20.4. The van der Waals surface area contributed by atoms with Crippen molar-refractivity contribution in [2.45, 2.75) is 212 Å². The lowest BCUT2D eigenvalue weighted by Crippen LogP contribution is -2.41. The number of rotatable bonds is 57. The third-order valence-electron chi connectivity index (χ3n) is 13.0. The molecule has 0 radical (unpaired) electrons. The molecule has 9 N–H and O–H groups in total. The number of Topliss-reactive ketones (excluding diaryl/α,β-unsaturated/α-hetero) is 3. The van der Waals surface area contributed by atoms with E-state index in [-0.39, 0.29) is 115 Å². The van der Waals surface area contributed by atoms with Crippen LogP contribution in [0.25, 0.3) is 0 Å². The molecule has 0 unspecified atom stereocenters. The van der Waals surface area contributed by atoms with Gasteiger partial charge in [0.15, 0.2) is 5.78 Å². The van der Waals surface area contributed by atoms with Gasteiger partial charge in [-0.25, -0.2) is 4.79 Å². The van der Waals surface area contributed by atoms with Crippen molar-refractivity contribution in [2.75, 3.05) is 73.5 Å². The summed E-state index contributed by atoms with van der Waals surface area (Å²) >= 11 is 0. The normalized spacial score (nSPS) is 12.4. The number of nitrogens with one attached hydrogen (secondary N) is 4. The fourth-order valence-corrected chi connectivity index (χ4v) is 8.26. The first kappa shape index (κ1) is 77.6. The predicted molar refractivity (Wildman–Crippen MR) is 299 cm³/mol. The molecule has 0 aromatic rings. The predicted octanol–water partition coefficient (Wildman–Crippen LogP) is 6.06. The minimum absolute atomic E-state index is 0.00515. The molecule has 0 saturated heterocycles. The lowest BCUT2D eigenvalue weighted by atomic mass is 9.91. The molecule has 0 saturated carbocycles. The van der Waals surface area contributed by atoms with Crippen molar-refractivity contribution in [3.63, 3.8) is 0 Å². The van der Waals surface area contributed by atoms with Gasteiger partial charge in [0.25, 0.3) is 0 Å². The molecule has 4 atom stereocenters. The van der Waals surface area contributed by atoms with Gasteiger partial charge in [0.05, 0.1) is 31.7 Å². The first-order chi connectivity index (χ1) is 38.8. The quantitative estimate of drug-likeness (QED) is 0.0312. The van der Waals surface area contributed by atoms with Crippen molar-refractivity contribution >= 4 is 64.9 Å². The van der Waals surface area contributed by atoms with E-state index in [4.69, 9.17) is 24.4 Å². The standard InChI is InChI=1S/C29H53NO7.C28H47N3O13/c1-2-23-37-24-17-18-25(31)21-22-26(29(35)36)30-27(32)19-15-13-11-9-7-5-3-4-6-8-10-12-14-16-20-28(33)34;1-29-23(28(40)41)5-3-4-10-30-24(34)9-7-20(27(38)39)15-21(32)8-6-19(26(36)37)16-22(33)17-44-14-13-43-12-11-31-25(35)18-42-2/h26H,2-24H2,1H3,(H,30,32)(H,33,34)(H,35,36);19-20,23,29H,3-18H2,1-2H3,(H,30,34)(H,31,35)(H,36,37)(H,38,39)(H,40,41)/t26-;19-,20-,23+/m01/s1. The molecule has 0 aromatic carbocycles. The Balaban J connectivity index is 0. The third-order valence-corrected chi connectivity index (χ3v) is 13.0. The van der Waals surface area contributed by atoms with Crippen molar-refractivity contribution in [1.29, 1.82) is 0 Å². The van der Waals surface area contributed by atoms with Crippen LogP contribution in [0.15, 0.2) is 0 Å². The summed E-state index contributed by atoms with van der Waals surface area (Å²) in [4.78, 5) is 128. The number of carboxylic acids is 5. The number of carboxylic acid groups (broad SMARTS) is 5. The molecule has 3 amide bonds. The molecule has 24 heteroatoms. The van der Waals surface area contributed by atoms with Crippen LogP contribution in [0.2, 0.25) is 0 Å². The number of amides is 3. The van der Waals surface area contributed by atoms with Gasteiger partial charge in [0.2, 0.25) is 17.7 Å². The number of ketones is 3. The van der Waals surface area contributed by atoms with Crippen LogP contribution in [-0.4, -0.2) is 176 Å². The van der Waals surface area contributed by atoms with Crippen molar-refractivity contribution in [3.8, 4) is 0 Å². The Morgan fingerprint density at radius 3 is 1.43 bits per heavy atom. The molecule has 0 aliphatic heterocycles. The number of carbonyl (C=O) groups is 11. The molecule has 0 aromatic heterocycles. The fraction of sp³-hybridized carbons (Fsp3) is 0.807. The van der Waals surface area contributed by atoms with E-state index in [1.165, 1.54) is 52.1 Å². The highest BCUT2D eigenvalue weighted by Crippen LogP contribution is 2.19. The summed E-state index contributed by atoms with van der Waals surface area (Å²) in [5.74, 6) is -9.41. The molecule has 0 bridgehead atoms. The highest BCUT2D eigenvalue weighted by Gasteiger charge is 2.26. The summed E-state index contributed by atoms with van der Waals surface area (Å²) in [7, 11) is 2.95. The zero-order chi connectivity index (χ0) is 60.9. The van der Waals surface area contributed by atoms with Crippen LogP contribution in [0.1, 0.15) is 200 Å². The minimum Gasteiger partial charge on any atom is -0.481 e. The average Bonchev–Trinajstić information content (AvgIpc) is 3.41. The second-order valence-electron chi connectivity index (χ2n) is 20.2. The molecule has 0 aliphatic carbocycles. The van der Waals surface area contributed by atoms with E-state index in [2.05, 4.69) is 26.0 Å². The Morgan fingerprint density at radius 2 is 0.901 bits per heavy atom. The number of unbranched alkanes of at least 4 members (excludes halogenated alkanes) is 14. The molecule has 0 heterocycles. The summed E-state index contributed by atoms with van der Waals surface area (Å²) in [5, 5.41) is 56.3. The van der Waals surface area contributed by atoms with E-state index < -0.39 is 71.2 Å². The van der Waals surface area contributed by atoms with E-state index in [1.54, 1.807) is 7.05 Å². The lowest BCUT2D eigenvalue weighted by Gasteiger charge is -2.14. The van der Waals surface area contributed by atoms with Gasteiger partial charge in [-0.15, -0.1) is 0 Å². The van der Waals surface area contributed by atoms with Crippen LogP contribution in [0, 0.1) is 11.8 Å². The van der Waals surface area contributed by atoms with Crippen molar-refractivity contribution < 1.29 is 97.2 Å². The summed E-state index contributed by atoms with van der Waals surface area (Å²) in [6, 6.07) is -1.68. The van der Waals surface area contributed by atoms with E-state index in [0.29, 0.717) is 58.3 Å². The largest absolute Gasteiger partial charge is 0.481 e. The van der Waals surface area contributed by atoms with Gasteiger partial charge in [-0.05, 0) is 71.3 Å². The van der Waals surface area contributed by atoms with Crippen molar-refractivity contribution in [2.24, 2.45) is 11.8 Å². The van der Waals surface area contributed by atoms with Gasteiger partial charge in [-0.1, -0.05) is 84.0 Å². The molecule has 0 spiro atoms. The summed E-state index contributed by atoms with van der Waals surface area (Å²) in [5.41, 5.74) is 0. The van der Waals surface area contributed by atoms with E-state index in [9.17, 15) is 68.1 Å². The number of carbonyl (C=O) groups excluding carboxylic acids is 6. The van der Waals surface area contributed by atoms with Crippen molar-refractivity contribution in [1.82, 2.24) is 21.3 Å². The molecule has 468 valence electrons. The molecule has 0 fully saturated rings. The zero-order valence-corrected chi connectivity index (χ0v) is 48.7. The SMILES string of the molecule is CCCOCCCC(=O)CC[C@H](NC(=O)CCCCCCCCCCCCCCCCC(=O)O)C(=O)O.CN[C@@H](CCCCNC(=O)CC[C@H](CC(=O)CC[C@H](CC(=O)COCCOCCNC(=O)COC)C(=O)O)C(=O)O)C(=O)O. The topological polar surface area (TPSA) is 374 Å². The maximum atomic E-state index is 12.4. The molecule has 24 nitrogen and oxygen atoms in total. The van der Waals surface area contributed by atoms with E-state index in [0.717, 1.165) is 51.4 Å².